The minimum Gasteiger partial charge on any atom is -0.497 e. The Bertz CT molecular complexity index is 1330. The van der Waals surface area contributed by atoms with Gasteiger partial charge in [0, 0.05) is 16.1 Å². The van der Waals surface area contributed by atoms with Crippen molar-refractivity contribution < 1.29 is 14.3 Å². The molecule has 0 aliphatic carbocycles. The normalized spacial score (nSPS) is 10.7. The largest absolute Gasteiger partial charge is 0.497 e. The van der Waals surface area contributed by atoms with Crippen molar-refractivity contribution in [3.63, 3.8) is 0 Å². The molecule has 4 aromatic rings. The lowest BCUT2D eigenvalue weighted by Crippen LogP contribution is -2.15. The van der Waals surface area contributed by atoms with Gasteiger partial charge < -0.3 is 14.8 Å². The number of carbonyl (C=O) groups excluding carboxylic acids is 1. The van der Waals surface area contributed by atoms with E-state index < -0.39 is 5.91 Å². The van der Waals surface area contributed by atoms with Crippen molar-refractivity contribution in [3.05, 3.63) is 81.0 Å². The summed E-state index contributed by atoms with van der Waals surface area (Å²) in [6, 6.07) is 17.7. The van der Waals surface area contributed by atoms with Crippen molar-refractivity contribution >= 4 is 50.7 Å². The number of nitrogens with one attached hydrogen (secondary N) is 1. The zero-order valence-corrected chi connectivity index (χ0v) is 20.6. The molecule has 0 aliphatic rings. The van der Waals surface area contributed by atoms with Gasteiger partial charge in [-0.25, -0.2) is 9.67 Å². The Labute approximate surface area is 208 Å². The number of hydrogen-bond acceptors (Lipinski definition) is 5. The van der Waals surface area contributed by atoms with Crippen molar-refractivity contribution in [1.29, 1.82) is 0 Å². The van der Waals surface area contributed by atoms with Crippen LogP contribution in [0, 0.1) is 0 Å². The Morgan fingerprint density at radius 1 is 0.970 bits per heavy atom. The number of hydrogen-bond donors (Lipinski definition) is 1. The van der Waals surface area contributed by atoms with Crippen LogP contribution < -0.4 is 14.8 Å². The molecule has 0 saturated heterocycles. The molecule has 33 heavy (non-hydrogen) atoms. The first kappa shape index (κ1) is 23.1. The number of ether oxygens (including phenoxy) is 2. The van der Waals surface area contributed by atoms with Gasteiger partial charge in [0.25, 0.3) is 5.91 Å². The number of rotatable bonds is 6. The molecule has 4 rings (SSSR count). The van der Waals surface area contributed by atoms with E-state index in [1.165, 1.54) is 7.11 Å². The van der Waals surface area contributed by atoms with Gasteiger partial charge in [0.1, 0.15) is 11.5 Å². The minimum absolute atomic E-state index is 0.0381. The molecule has 0 bridgehead atoms. The fourth-order valence-electron chi connectivity index (χ4n) is 3.08. The third-order valence-corrected chi connectivity index (χ3v) is 5.98. The summed E-state index contributed by atoms with van der Waals surface area (Å²) < 4.78 is 13.0. The summed E-state index contributed by atoms with van der Waals surface area (Å²) in [4.78, 5) is 17.6. The van der Waals surface area contributed by atoms with Crippen molar-refractivity contribution in [2.75, 3.05) is 19.5 Å². The minimum atomic E-state index is -0.515. The Morgan fingerprint density at radius 3 is 2.39 bits per heavy atom. The highest BCUT2D eigenvalue weighted by Crippen LogP contribution is 2.30. The molecular formula is C23H17BrCl2N4O3. The summed E-state index contributed by atoms with van der Waals surface area (Å²) in [5, 5.41) is 8.01. The van der Waals surface area contributed by atoms with E-state index in [1.54, 1.807) is 48.2 Å². The first-order valence-corrected chi connectivity index (χ1v) is 11.2. The Kier molecular flexibility index (Phi) is 6.88. The number of halogens is 3. The summed E-state index contributed by atoms with van der Waals surface area (Å²) >= 11 is 15.7. The van der Waals surface area contributed by atoms with Crippen LogP contribution in [0.15, 0.2) is 65.1 Å². The number of benzene rings is 3. The second kappa shape index (κ2) is 9.82. The lowest BCUT2D eigenvalue weighted by atomic mass is 10.2. The molecule has 0 fully saturated rings. The second-order valence-corrected chi connectivity index (χ2v) is 8.53. The van der Waals surface area contributed by atoms with Gasteiger partial charge >= 0.3 is 0 Å². The van der Waals surface area contributed by atoms with Crippen LogP contribution in [0.1, 0.15) is 10.6 Å². The molecule has 168 valence electrons. The maximum atomic E-state index is 13.1. The van der Waals surface area contributed by atoms with Gasteiger partial charge in [0.05, 0.1) is 35.6 Å². The lowest BCUT2D eigenvalue weighted by Gasteiger charge is -2.10. The van der Waals surface area contributed by atoms with E-state index in [9.17, 15) is 4.79 Å². The molecule has 7 nitrogen and oxygen atoms in total. The van der Waals surface area contributed by atoms with E-state index in [0.717, 1.165) is 10.0 Å². The SMILES string of the molecule is COc1ccc(OC)c(NC(=O)c2nc(-c3ccc(Br)cc3)n(-c3ccc(Cl)c(Cl)c3)n2)c1. The van der Waals surface area contributed by atoms with Gasteiger partial charge in [-0.1, -0.05) is 51.3 Å². The maximum absolute atomic E-state index is 13.1. The molecule has 1 amide bonds. The van der Waals surface area contributed by atoms with E-state index >= 15 is 0 Å². The standard InChI is InChI=1S/C23H17BrCl2N4O3/c1-32-16-8-10-20(33-2)19(12-16)27-23(31)21-28-22(13-3-5-14(24)6-4-13)30(29-21)15-7-9-17(25)18(26)11-15/h3-12H,1-2H3,(H,27,31). The van der Waals surface area contributed by atoms with Gasteiger partial charge in [-0.15, -0.1) is 5.10 Å². The molecule has 10 heteroatoms. The van der Waals surface area contributed by atoms with Gasteiger partial charge in [0.2, 0.25) is 5.82 Å². The second-order valence-electron chi connectivity index (χ2n) is 6.80. The first-order chi connectivity index (χ1) is 15.9. The van der Waals surface area contributed by atoms with Crippen LogP contribution in [0.2, 0.25) is 10.0 Å². The molecule has 0 saturated carbocycles. The summed E-state index contributed by atoms with van der Waals surface area (Å²) in [5.74, 6) is 0.948. The molecule has 0 atom stereocenters. The predicted molar refractivity (Wildman–Crippen MR) is 132 cm³/mol. The Hall–Kier alpha value is -3.07. The van der Waals surface area contributed by atoms with E-state index in [-0.39, 0.29) is 5.82 Å². The van der Waals surface area contributed by atoms with E-state index in [4.69, 9.17) is 32.7 Å². The van der Waals surface area contributed by atoms with Gasteiger partial charge in [0.15, 0.2) is 5.82 Å². The number of anilines is 1. The van der Waals surface area contributed by atoms with Crippen molar-refractivity contribution in [2.45, 2.75) is 0 Å². The van der Waals surface area contributed by atoms with Gasteiger partial charge in [-0.3, -0.25) is 4.79 Å². The monoisotopic (exact) mass is 546 g/mol. The van der Waals surface area contributed by atoms with Gasteiger partial charge in [-0.2, -0.15) is 0 Å². The quantitative estimate of drug-likeness (QED) is 0.307. The molecule has 0 unspecified atom stereocenters. The molecule has 0 aliphatic heterocycles. The van der Waals surface area contributed by atoms with E-state index in [0.29, 0.717) is 38.7 Å². The molecule has 0 radical (unpaired) electrons. The third kappa shape index (κ3) is 4.98. The number of carbonyl (C=O) groups is 1. The average molecular weight is 548 g/mol. The lowest BCUT2D eigenvalue weighted by molar-refractivity contribution is 0.101. The van der Waals surface area contributed by atoms with Crippen molar-refractivity contribution in [1.82, 2.24) is 14.8 Å². The topological polar surface area (TPSA) is 78.3 Å². The molecule has 1 aromatic heterocycles. The van der Waals surface area contributed by atoms with Gasteiger partial charge in [-0.05, 0) is 42.5 Å². The third-order valence-electron chi connectivity index (χ3n) is 4.72. The highest BCUT2D eigenvalue weighted by atomic mass is 79.9. The fourth-order valence-corrected chi connectivity index (χ4v) is 3.64. The molecule has 3 aromatic carbocycles. The maximum Gasteiger partial charge on any atom is 0.295 e. The fraction of sp³-hybridized carbons (Fsp3) is 0.0870. The average Bonchev–Trinajstić information content (AvgIpc) is 3.27. The molecule has 1 N–H and O–H groups in total. The van der Waals surface area contributed by atoms with Crippen LogP contribution in [0.3, 0.4) is 0 Å². The molecule has 0 spiro atoms. The number of amides is 1. The van der Waals surface area contributed by atoms with Crippen molar-refractivity contribution in [2.24, 2.45) is 0 Å². The first-order valence-electron chi connectivity index (χ1n) is 9.61. The Morgan fingerprint density at radius 2 is 1.73 bits per heavy atom. The highest BCUT2D eigenvalue weighted by Gasteiger charge is 2.21. The number of methoxy groups -OCH3 is 2. The number of aromatic nitrogens is 3. The van der Waals surface area contributed by atoms with E-state index in [2.05, 4.69) is 31.3 Å². The predicted octanol–water partition coefficient (Wildman–Crippen LogP) is 6.27. The molecule has 1 heterocycles. The van der Waals surface area contributed by atoms with Crippen molar-refractivity contribution in [3.8, 4) is 28.6 Å². The van der Waals surface area contributed by atoms with Crippen LogP contribution in [0.25, 0.3) is 17.1 Å². The van der Waals surface area contributed by atoms with Crippen LogP contribution in [-0.4, -0.2) is 34.9 Å². The summed E-state index contributed by atoms with van der Waals surface area (Å²) in [7, 11) is 3.05. The van der Waals surface area contributed by atoms with Crippen LogP contribution in [-0.2, 0) is 0 Å². The number of nitrogens with zero attached hydrogens (tertiary/aromatic N) is 3. The van der Waals surface area contributed by atoms with E-state index in [1.807, 2.05) is 24.3 Å². The molecular weight excluding hydrogens is 531 g/mol. The summed E-state index contributed by atoms with van der Waals surface area (Å²) in [6.45, 7) is 0. The van der Waals surface area contributed by atoms with Crippen LogP contribution >= 0.6 is 39.1 Å². The zero-order chi connectivity index (χ0) is 23.5. The zero-order valence-electron chi connectivity index (χ0n) is 17.5. The van der Waals surface area contributed by atoms with Crippen LogP contribution in [0.5, 0.6) is 11.5 Å². The summed E-state index contributed by atoms with van der Waals surface area (Å²) in [5.41, 5.74) is 1.79. The van der Waals surface area contributed by atoms with Crippen LogP contribution in [0.4, 0.5) is 5.69 Å². The summed E-state index contributed by atoms with van der Waals surface area (Å²) in [6.07, 6.45) is 0. The highest BCUT2D eigenvalue weighted by molar-refractivity contribution is 9.10. The smallest absolute Gasteiger partial charge is 0.295 e. The Balaban J connectivity index is 1.77.